The number of likely N-dealkylation sites (tertiary alicyclic amines) is 1. The van der Waals surface area contributed by atoms with Gasteiger partial charge in [-0.1, -0.05) is 23.4 Å². The molecule has 0 aliphatic carbocycles. The maximum atomic E-state index is 12.7. The van der Waals surface area contributed by atoms with Gasteiger partial charge >= 0.3 is 0 Å². The quantitative estimate of drug-likeness (QED) is 0.678. The topological polar surface area (TPSA) is 59.2 Å². The van der Waals surface area contributed by atoms with Gasteiger partial charge in [0, 0.05) is 35.2 Å². The Kier molecular flexibility index (Phi) is 4.93. The lowest BCUT2D eigenvalue weighted by molar-refractivity contribution is 0.0724. The molecule has 0 atom stereocenters. The number of nitrogens with zero attached hydrogens (tertiary/aromatic N) is 3. The van der Waals surface area contributed by atoms with Crippen LogP contribution in [0.2, 0.25) is 0 Å². The Labute approximate surface area is 156 Å². The Morgan fingerprint density at radius 3 is 2.81 bits per heavy atom. The molecule has 132 valence electrons. The van der Waals surface area contributed by atoms with Gasteiger partial charge in [0.25, 0.3) is 11.8 Å². The van der Waals surface area contributed by atoms with E-state index in [1.165, 1.54) is 6.42 Å². The molecule has 1 amide bonds. The molecule has 3 aromatic rings. The minimum atomic E-state index is 0.0767. The first-order valence-electron chi connectivity index (χ1n) is 8.74. The van der Waals surface area contributed by atoms with Crippen LogP contribution in [-0.2, 0) is 0 Å². The van der Waals surface area contributed by atoms with Crippen LogP contribution in [0.15, 0.2) is 46.3 Å². The van der Waals surface area contributed by atoms with E-state index in [4.69, 9.17) is 4.52 Å². The number of amides is 1. The molecule has 4 rings (SSSR count). The van der Waals surface area contributed by atoms with Crippen molar-refractivity contribution in [1.29, 1.82) is 0 Å². The monoisotopic (exact) mass is 365 g/mol. The number of aromatic nitrogens is 2. The molecule has 2 aromatic heterocycles. The fourth-order valence-corrected chi connectivity index (χ4v) is 3.65. The highest BCUT2D eigenvalue weighted by molar-refractivity contribution is 7.10. The lowest BCUT2D eigenvalue weighted by atomic mass is 10.1. The van der Waals surface area contributed by atoms with Crippen molar-refractivity contribution in [1.82, 2.24) is 15.0 Å². The number of hydrogen-bond acceptors (Lipinski definition) is 5. The van der Waals surface area contributed by atoms with E-state index in [0.717, 1.165) is 36.4 Å². The lowest BCUT2D eigenvalue weighted by Crippen LogP contribution is -2.35. The average Bonchev–Trinajstić information content (AvgIpc) is 3.38. The summed E-state index contributed by atoms with van der Waals surface area (Å²) in [6.07, 6.45) is 7.10. The second kappa shape index (κ2) is 7.66. The van der Waals surface area contributed by atoms with Crippen molar-refractivity contribution in [2.75, 3.05) is 13.1 Å². The summed E-state index contributed by atoms with van der Waals surface area (Å²) in [5, 5.41) is 6.06. The predicted molar refractivity (Wildman–Crippen MR) is 103 cm³/mol. The Morgan fingerprint density at radius 1 is 1.12 bits per heavy atom. The van der Waals surface area contributed by atoms with E-state index in [9.17, 15) is 4.79 Å². The zero-order valence-corrected chi connectivity index (χ0v) is 15.1. The first-order chi connectivity index (χ1) is 12.8. The number of carbonyl (C=O) groups excluding carboxylic acids is 1. The van der Waals surface area contributed by atoms with Gasteiger partial charge in [0.2, 0.25) is 5.82 Å². The molecule has 1 aliphatic heterocycles. The molecule has 0 saturated carbocycles. The second-order valence-electron chi connectivity index (χ2n) is 6.24. The molecule has 0 radical (unpaired) electrons. The third-order valence-corrected chi connectivity index (χ3v) is 5.22. The van der Waals surface area contributed by atoms with Crippen molar-refractivity contribution >= 4 is 29.4 Å². The van der Waals surface area contributed by atoms with E-state index in [2.05, 4.69) is 10.1 Å². The summed E-state index contributed by atoms with van der Waals surface area (Å²) in [5.41, 5.74) is 1.46. The number of carbonyl (C=O) groups is 1. The molecule has 1 aliphatic rings. The number of rotatable bonds is 4. The van der Waals surface area contributed by atoms with E-state index in [-0.39, 0.29) is 5.91 Å². The summed E-state index contributed by atoms with van der Waals surface area (Å²) < 4.78 is 5.30. The number of piperidine rings is 1. The van der Waals surface area contributed by atoms with Crippen LogP contribution in [-0.4, -0.2) is 34.0 Å². The molecule has 1 fully saturated rings. The summed E-state index contributed by atoms with van der Waals surface area (Å²) in [7, 11) is 0. The first kappa shape index (κ1) is 16.7. The van der Waals surface area contributed by atoms with Gasteiger partial charge in [-0.3, -0.25) is 4.79 Å². The zero-order chi connectivity index (χ0) is 17.8. The minimum Gasteiger partial charge on any atom is -0.339 e. The van der Waals surface area contributed by atoms with Gasteiger partial charge in [-0.25, -0.2) is 0 Å². The summed E-state index contributed by atoms with van der Waals surface area (Å²) in [4.78, 5) is 20.1. The van der Waals surface area contributed by atoms with Crippen molar-refractivity contribution in [3.8, 4) is 11.4 Å². The van der Waals surface area contributed by atoms with Crippen LogP contribution in [0.5, 0.6) is 0 Å². The third-order valence-electron chi connectivity index (χ3n) is 4.39. The largest absolute Gasteiger partial charge is 0.339 e. The average molecular weight is 365 g/mol. The van der Waals surface area contributed by atoms with Crippen molar-refractivity contribution in [3.05, 3.63) is 58.1 Å². The fraction of sp³-hybridized carbons (Fsp3) is 0.250. The molecule has 0 spiro atoms. The van der Waals surface area contributed by atoms with Crippen molar-refractivity contribution < 1.29 is 9.32 Å². The van der Waals surface area contributed by atoms with E-state index >= 15 is 0 Å². The van der Waals surface area contributed by atoms with Crippen LogP contribution in [0.3, 0.4) is 0 Å². The highest BCUT2D eigenvalue weighted by Crippen LogP contribution is 2.21. The van der Waals surface area contributed by atoms with E-state index in [1.807, 2.05) is 52.8 Å². The van der Waals surface area contributed by atoms with Gasteiger partial charge < -0.3 is 9.42 Å². The van der Waals surface area contributed by atoms with E-state index < -0.39 is 0 Å². The Morgan fingerprint density at radius 2 is 2.00 bits per heavy atom. The lowest BCUT2D eigenvalue weighted by Gasteiger charge is -2.26. The molecule has 3 heterocycles. The second-order valence-corrected chi connectivity index (χ2v) is 7.22. The van der Waals surface area contributed by atoms with Crippen LogP contribution >= 0.6 is 11.3 Å². The van der Waals surface area contributed by atoms with Crippen molar-refractivity contribution in [2.45, 2.75) is 19.3 Å². The van der Waals surface area contributed by atoms with Gasteiger partial charge in [0.05, 0.1) is 0 Å². The number of hydrogen-bond donors (Lipinski definition) is 0. The van der Waals surface area contributed by atoms with E-state index in [1.54, 1.807) is 17.4 Å². The molecular formula is C20H19N3O2S. The summed E-state index contributed by atoms with van der Waals surface area (Å²) in [6.45, 7) is 1.67. The third kappa shape index (κ3) is 3.75. The Hall–Kier alpha value is -2.73. The smallest absolute Gasteiger partial charge is 0.253 e. The standard InChI is InChI=1S/C20H19N3O2S/c24-20(23-11-2-1-3-12-23)16-7-4-6-15(14-16)19-21-18(25-22-19)10-9-17-8-5-13-26-17/h4-10,13-14H,1-3,11-12H2/b10-9+. The van der Waals surface area contributed by atoms with Crippen LogP contribution in [0.25, 0.3) is 23.5 Å². The van der Waals surface area contributed by atoms with E-state index in [0.29, 0.717) is 17.3 Å². The summed E-state index contributed by atoms with van der Waals surface area (Å²) in [5.74, 6) is 1.01. The van der Waals surface area contributed by atoms with Crippen LogP contribution in [0.4, 0.5) is 0 Å². The highest BCUT2D eigenvalue weighted by atomic mass is 32.1. The van der Waals surface area contributed by atoms with Gasteiger partial charge in [0.1, 0.15) is 0 Å². The predicted octanol–water partition coefficient (Wildman–Crippen LogP) is 4.59. The first-order valence-corrected chi connectivity index (χ1v) is 9.62. The molecule has 6 heteroatoms. The summed E-state index contributed by atoms with van der Waals surface area (Å²) in [6, 6.07) is 11.5. The van der Waals surface area contributed by atoms with Gasteiger partial charge in [0.15, 0.2) is 0 Å². The van der Waals surface area contributed by atoms with Crippen molar-refractivity contribution in [2.24, 2.45) is 0 Å². The number of benzene rings is 1. The van der Waals surface area contributed by atoms with Gasteiger partial charge in [-0.05, 0) is 48.9 Å². The minimum absolute atomic E-state index is 0.0767. The summed E-state index contributed by atoms with van der Waals surface area (Å²) >= 11 is 1.65. The Balaban J connectivity index is 1.52. The van der Waals surface area contributed by atoms with Crippen LogP contribution in [0, 0.1) is 0 Å². The molecule has 0 N–H and O–H groups in total. The molecule has 0 bridgehead atoms. The highest BCUT2D eigenvalue weighted by Gasteiger charge is 2.19. The molecular weight excluding hydrogens is 346 g/mol. The molecule has 26 heavy (non-hydrogen) atoms. The zero-order valence-electron chi connectivity index (χ0n) is 14.3. The molecule has 1 aromatic carbocycles. The molecule has 5 nitrogen and oxygen atoms in total. The number of thiophene rings is 1. The molecule has 1 saturated heterocycles. The SMILES string of the molecule is O=C(c1cccc(-c2noc(/C=C/c3cccs3)n2)c1)N1CCCCC1. The normalized spacial score (nSPS) is 14.8. The van der Waals surface area contributed by atoms with Crippen LogP contribution in [0.1, 0.15) is 40.4 Å². The fourth-order valence-electron chi connectivity index (χ4n) is 3.03. The maximum Gasteiger partial charge on any atom is 0.253 e. The Bertz CT molecular complexity index is 909. The maximum absolute atomic E-state index is 12.7. The molecule has 0 unspecified atom stereocenters. The van der Waals surface area contributed by atoms with Gasteiger partial charge in [-0.15, -0.1) is 11.3 Å². The van der Waals surface area contributed by atoms with Gasteiger partial charge in [-0.2, -0.15) is 4.98 Å². The van der Waals surface area contributed by atoms with Crippen molar-refractivity contribution in [3.63, 3.8) is 0 Å². The van der Waals surface area contributed by atoms with Crippen LogP contribution < -0.4 is 0 Å².